The van der Waals surface area contributed by atoms with E-state index >= 15 is 0 Å². The van der Waals surface area contributed by atoms with Crippen molar-refractivity contribution in [3.63, 3.8) is 0 Å². The third-order valence-electron chi connectivity index (χ3n) is 7.44. The average molecular weight is 489 g/mol. The summed E-state index contributed by atoms with van der Waals surface area (Å²) in [6.45, 7) is 1.16. The number of rotatable bonds is 9. The predicted molar refractivity (Wildman–Crippen MR) is 147 cm³/mol. The van der Waals surface area contributed by atoms with Gasteiger partial charge in [0.1, 0.15) is 5.41 Å². The summed E-state index contributed by atoms with van der Waals surface area (Å²) in [6.07, 6.45) is 1.43. The van der Waals surface area contributed by atoms with Crippen LogP contribution in [0.5, 0.6) is 0 Å². The van der Waals surface area contributed by atoms with Gasteiger partial charge in [-0.1, -0.05) is 121 Å². The molecule has 1 fully saturated rings. The number of carbonyl (C=O) groups is 2. The van der Waals surface area contributed by atoms with Crippen molar-refractivity contribution in [1.29, 1.82) is 0 Å². The van der Waals surface area contributed by atoms with Crippen molar-refractivity contribution in [2.45, 2.75) is 24.2 Å². The Kier molecular flexibility index (Phi) is 7.46. The van der Waals surface area contributed by atoms with Crippen LogP contribution >= 0.6 is 0 Å². The maximum atomic E-state index is 13.9. The minimum absolute atomic E-state index is 0.00787. The molecule has 4 aromatic carbocycles. The third-order valence-corrected chi connectivity index (χ3v) is 7.44. The summed E-state index contributed by atoms with van der Waals surface area (Å²) >= 11 is 0. The Labute approximate surface area is 219 Å². The van der Waals surface area contributed by atoms with Crippen LogP contribution in [-0.4, -0.2) is 36.3 Å². The number of amides is 2. The smallest absolute Gasteiger partial charge is 0.239 e. The van der Waals surface area contributed by atoms with Crippen LogP contribution in [-0.2, 0) is 15.0 Å². The van der Waals surface area contributed by atoms with E-state index in [-0.39, 0.29) is 24.3 Å². The fraction of sp³-hybridized carbons (Fsp3) is 0.212. The molecule has 1 N–H and O–H groups in total. The van der Waals surface area contributed by atoms with Gasteiger partial charge in [0.15, 0.2) is 0 Å². The standard InChI is InChI=1S/C33H32N2O2/c36-31(34-23-21-30(26-13-5-1-6-14-26)27-15-7-2-8-16-27)25-35-24-22-33(32(35)37,28-17-9-3-10-18-28)29-19-11-4-12-20-29/h1-20,30H,21-25H2,(H,34,36). The molecule has 1 aliphatic rings. The molecule has 0 aliphatic carbocycles. The van der Waals surface area contributed by atoms with Gasteiger partial charge in [-0.15, -0.1) is 0 Å². The lowest BCUT2D eigenvalue weighted by molar-refractivity contribution is -0.135. The monoisotopic (exact) mass is 488 g/mol. The van der Waals surface area contributed by atoms with Crippen LogP contribution in [0.4, 0.5) is 0 Å². The van der Waals surface area contributed by atoms with Crippen molar-refractivity contribution in [3.8, 4) is 0 Å². The SMILES string of the molecule is O=C(CN1CCC(c2ccccc2)(c2ccccc2)C1=O)NCCC(c1ccccc1)c1ccccc1. The zero-order valence-electron chi connectivity index (χ0n) is 20.9. The zero-order valence-corrected chi connectivity index (χ0v) is 20.9. The van der Waals surface area contributed by atoms with Crippen LogP contribution in [0.1, 0.15) is 41.0 Å². The van der Waals surface area contributed by atoms with Crippen LogP contribution < -0.4 is 5.32 Å². The maximum Gasteiger partial charge on any atom is 0.239 e. The Balaban J connectivity index is 1.26. The average Bonchev–Trinajstić information content (AvgIpc) is 3.29. The number of hydrogen-bond acceptors (Lipinski definition) is 2. The van der Waals surface area contributed by atoms with Gasteiger partial charge in [0, 0.05) is 19.0 Å². The van der Waals surface area contributed by atoms with Gasteiger partial charge in [-0.2, -0.15) is 0 Å². The van der Waals surface area contributed by atoms with Gasteiger partial charge in [0.05, 0.1) is 6.54 Å². The van der Waals surface area contributed by atoms with Gasteiger partial charge in [-0.25, -0.2) is 0 Å². The molecule has 5 rings (SSSR count). The van der Waals surface area contributed by atoms with Crippen LogP contribution in [0.15, 0.2) is 121 Å². The number of carbonyl (C=O) groups excluding carboxylic acids is 2. The van der Waals surface area contributed by atoms with Gasteiger partial charge >= 0.3 is 0 Å². The number of benzene rings is 4. The number of nitrogens with zero attached hydrogens (tertiary/aromatic N) is 1. The molecule has 1 aliphatic heterocycles. The van der Waals surface area contributed by atoms with Crippen molar-refractivity contribution in [2.75, 3.05) is 19.6 Å². The van der Waals surface area contributed by atoms with Gasteiger partial charge in [-0.05, 0) is 35.1 Å². The van der Waals surface area contributed by atoms with Gasteiger partial charge in [-0.3, -0.25) is 9.59 Å². The molecule has 186 valence electrons. The first kappa shape index (κ1) is 24.5. The van der Waals surface area contributed by atoms with E-state index in [4.69, 9.17) is 0 Å². The summed E-state index contributed by atoms with van der Waals surface area (Å²) in [5.74, 6) is 0.0663. The van der Waals surface area contributed by atoms with Crippen molar-refractivity contribution in [2.24, 2.45) is 0 Å². The van der Waals surface area contributed by atoms with Crippen LogP contribution in [0, 0.1) is 0 Å². The second-order valence-electron chi connectivity index (χ2n) is 9.63. The summed E-state index contributed by atoms with van der Waals surface area (Å²) in [5, 5.41) is 3.07. The first-order valence-corrected chi connectivity index (χ1v) is 13.0. The van der Waals surface area contributed by atoms with Gasteiger partial charge < -0.3 is 10.2 Å². The highest BCUT2D eigenvalue weighted by Gasteiger charge is 2.49. The molecule has 2 amide bonds. The van der Waals surface area contributed by atoms with Crippen molar-refractivity contribution in [3.05, 3.63) is 144 Å². The van der Waals surface area contributed by atoms with E-state index in [1.165, 1.54) is 11.1 Å². The molecule has 0 atom stereocenters. The fourth-order valence-corrected chi connectivity index (χ4v) is 5.56. The quantitative estimate of drug-likeness (QED) is 0.336. The van der Waals surface area contributed by atoms with E-state index in [1.807, 2.05) is 72.8 Å². The number of likely N-dealkylation sites (tertiary alicyclic amines) is 1. The summed E-state index contributed by atoms with van der Waals surface area (Å²) in [5.41, 5.74) is 3.65. The Bertz CT molecular complexity index is 1230. The molecule has 4 aromatic rings. The zero-order chi connectivity index (χ0) is 25.5. The highest BCUT2D eigenvalue weighted by atomic mass is 16.2. The second kappa shape index (κ2) is 11.3. The van der Waals surface area contributed by atoms with Crippen molar-refractivity contribution >= 4 is 11.8 Å². The largest absolute Gasteiger partial charge is 0.355 e. The fourth-order valence-electron chi connectivity index (χ4n) is 5.56. The molecule has 0 unspecified atom stereocenters. The van der Waals surface area contributed by atoms with E-state index in [0.29, 0.717) is 19.5 Å². The minimum Gasteiger partial charge on any atom is -0.355 e. The topological polar surface area (TPSA) is 49.4 Å². The Morgan fingerprint density at radius 2 is 1.19 bits per heavy atom. The highest BCUT2D eigenvalue weighted by Crippen LogP contribution is 2.41. The molecule has 0 radical (unpaired) electrons. The van der Waals surface area contributed by atoms with Crippen LogP contribution in [0.25, 0.3) is 0 Å². The molecule has 1 saturated heterocycles. The van der Waals surface area contributed by atoms with E-state index in [0.717, 1.165) is 17.5 Å². The molecule has 0 aromatic heterocycles. The van der Waals surface area contributed by atoms with E-state index in [1.54, 1.807) is 4.90 Å². The summed E-state index contributed by atoms with van der Waals surface area (Å²) in [4.78, 5) is 28.5. The molecule has 1 heterocycles. The molecular formula is C33H32N2O2. The van der Waals surface area contributed by atoms with E-state index < -0.39 is 5.41 Å². The molecule has 4 heteroatoms. The maximum absolute atomic E-state index is 13.9. The summed E-state index contributed by atoms with van der Waals surface area (Å²) in [6, 6.07) is 40.6. The van der Waals surface area contributed by atoms with Crippen LogP contribution in [0.2, 0.25) is 0 Å². The normalized spacial score (nSPS) is 14.6. The first-order valence-electron chi connectivity index (χ1n) is 13.0. The number of nitrogens with one attached hydrogen (secondary N) is 1. The predicted octanol–water partition coefficient (Wildman–Crippen LogP) is 5.54. The van der Waals surface area contributed by atoms with Crippen LogP contribution in [0.3, 0.4) is 0 Å². The van der Waals surface area contributed by atoms with Gasteiger partial charge in [0.25, 0.3) is 0 Å². The molecule has 0 spiro atoms. The third kappa shape index (κ3) is 5.19. The van der Waals surface area contributed by atoms with E-state index in [9.17, 15) is 9.59 Å². The van der Waals surface area contributed by atoms with Gasteiger partial charge in [0.2, 0.25) is 11.8 Å². The summed E-state index contributed by atoms with van der Waals surface area (Å²) < 4.78 is 0. The summed E-state index contributed by atoms with van der Waals surface area (Å²) in [7, 11) is 0. The number of hydrogen-bond donors (Lipinski definition) is 1. The lowest BCUT2D eigenvalue weighted by atomic mass is 9.73. The molecule has 0 saturated carbocycles. The minimum atomic E-state index is -0.755. The Hall–Kier alpha value is -4.18. The van der Waals surface area contributed by atoms with Crippen molar-refractivity contribution in [1.82, 2.24) is 10.2 Å². The Morgan fingerprint density at radius 3 is 1.68 bits per heavy atom. The van der Waals surface area contributed by atoms with E-state index in [2.05, 4.69) is 53.8 Å². The van der Waals surface area contributed by atoms with Crippen molar-refractivity contribution < 1.29 is 9.59 Å². The second-order valence-corrected chi connectivity index (χ2v) is 9.63. The first-order chi connectivity index (χ1) is 18.2. The highest BCUT2D eigenvalue weighted by molar-refractivity contribution is 5.96. The lowest BCUT2D eigenvalue weighted by Crippen LogP contribution is -2.43. The lowest BCUT2D eigenvalue weighted by Gasteiger charge is -2.29. The molecule has 4 nitrogen and oxygen atoms in total. The molecule has 37 heavy (non-hydrogen) atoms. The molecular weight excluding hydrogens is 456 g/mol. The molecule has 0 bridgehead atoms. The Morgan fingerprint density at radius 1 is 0.730 bits per heavy atom.